The molecule has 0 aliphatic carbocycles. The maximum Gasteiger partial charge on any atom is 0.234 e. The number of aliphatic imine (C=N–C) groups is 1. The number of piperazine rings is 1. The Bertz CT molecular complexity index is 648. The van der Waals surface area contributed by atoms with E-state index in [1.165, 1.54) is 11.8 Å². The number of nitrogens with one attached hydrogen (secondary N) is 1. The molecule has 1 heterocycles. The minimum atomic E-state index is 0.0642. The van der Waals surface area contributed by atoms with E-state index >= 15 is 0 Å². The van der Waals surface area contributed by atoms with Gasteiger partial charge < -0.3 is 21.7 Å². The van der Waals surface area contributed by atoms with Gasteiger partial charge in [0.2, 0.25) is 5.91 Å². The summed E-state index contributed by atoms with van der Waals surface area (Å²) in [4.78, 5) is 20.6. The Morgan fingerprint density at radius 2 is 1.89 bits per heavy atom. The van der Waals surface area contributed by atoms with E-state index in [2.05, 4.69) is 27.3 Å². The average Bonchev–Trinajstić information content (AvgIpc) is 2.65. The predicted octanol–water partition coefficient (Wildman–Crippen LogP) is 0.876. The van der Waals surface area contributed by atoms with E-state index in [-0.39, 0.29) is 11.9 Å². The number of hydrogen-bond donors (Lipinski definition) is 3. The zero-order chi connectivity index (χ0) is 19.6. The van der Waals surface area contributed by atoms with Crippen LogP contribution in [0.15, 0.2) is 47.2 Å². The van der Waals surface area contributed by atoms with Gasteiger partial charge in [0.25, 0.3) is 0 Å². The van der Waals surface area contributed by atoms with Gasteiger partial charge in [0.15, 0.2) is 5.96 Å². The molecule has 2 rings (SSSR count). The van der Waals surface area contributed by atoms with Gasteiger partial charge in [-0.05, 0) is 32.3 Å². The maximum atomic E-state index is 11.9. The monoisotopic (exact) mass is 372 g/mol. The molecule has 0 aromatic heterocycles. The lowest BCUT2D eigenvalue weighted by molar-refractivity contribution is -0.123. The van der Waals surface area contributed by atoms with Crippen LogP contribution in [0.1, 0.15) is 25.8 Å². The SMILES string of the molecule is CC(C)NC(=O)CN1CCN(C(N)=N/C(=C\N)CCc2ccccc2)CC1. The van der Waals surface area contributed by atoms with Crippen LogP contribution in [-0.4, -0.2) is 60.4 Å². The van der Waals surface area contributed by atoms with Crippen molar-refractivity contribution >= 4 is 11.9 Å². The summed E-state index contributed by atoms with van der Waals surface area (Å²) in [7, 11) is 0. The number of guanidine groups is 1. The summed E-state index contributed by atoms with van der Waals surface area (Å²) in [6.07, 6.45) is 3.15. The molecule has 0 bridgehead atoms. The van der Waals surface area contributed by atoms with E-state index in [1.54, 1.807) is 0 Å². The highest BCUT2D eigenvalue weighted by Crippen LogP contribution is 2.10. The number of hydrogen-bond acceptors (Lipinski definition) is 4. The van der Waals surface area contributed by atoms with Crippen molar-refractivity contribution in [1.82, 2.24) is 15.1 Å². The lowest BCUT2D eigenvalue weighted by Crippen LogP contribution is -2.53. The zero-order valence-corrected chi connectivity index (χ0v) is 16.4. The average molecular weight is 373 g/mol. The summed E-state index contributed by atoms with van der Waals surface area (Å²) in [6, 6.07) is 10.4. The molecule has 0 spiro atoms. The number of aryl methyl sites for hydroxylation is 1. The highest BCUT2D eigenvalue weighted by molar-refractivity contribution is 5.80. The Kier molecular flexibility index (Phi) is 8.13. The van der Waals surface area contributed by atoms with E-state index in [0.29, 0.717) is 12.5 Å². The van der Waals surface area contributed by atoms with Crippen molar-refractivity contribution in [1.29, 1.82) is 0 Å². The van der Waals surface area contributed by atoms with Crippen molar-refractivity contribution < 1.29 is 4.79 Å². The summed E-state index contributed by atoms with van der Waals surface area (Å²) >= 11 is 0. The number of carbonyl (C=O) groups excluding carboxylic acids is 1. The number of rotatable bonds is 7. The van der Waals surface area contributed by atoms with Crippen molar-refractivity contribution in [2.24, 2.45) is 16.5 Å². The van der Waals surface area contributed by atoms with Crippen LogP contribution in [0.25, 0.3) is 0 Å². The van der Waals surface area contributed by atoms with E-state index in [1.807, 2.05) is 36.9 Å². The van der Waals surface area contributed by atoms with Crippen LogP contribution in [0.4, 0.5) is 0 Å². The molecule has 1 aromatic rings. The van der Waals surface area contributed by atoms with Crippen molar-refractivity contribution in [2.75, 3.05) is 32.7 Å². The number of nitrogens with zero attached hydrogens (tertiary/aromatic N) is 3. The predicted molar refractivity (Wildman–Crippen MR) is 110 cm³/mol. The van der Waals surface area contributed by atoms with E-state index < -0.39 is 0 Å². The van der Waals surface area contributed by atoms with Crippen LogP contribution in [0.3, 0.4) is 0 Å². The van der Waals surface area contributed by atoms with Gasteiger partial charge in [-0.3, -0.25) is 9.69 Å². The van der Waals surface area contributed by atoms with Crippen LogP contribution in [0, 0.1) is 0 Å². The van der Waals surface area contributed by atoms with Crippen LogP contribution in [0.2, 0.25) is 0 Å². The Hall–Kier alpha value is -2.54. The molecular formula is C20H32N6O. The first-order chi connectivity index (χ1) is 13.0. The number of amides is 1. The van der Waals surface area contributed by atoms with Crippen LogP contribution in [0.5, 0.6) is 0 Å². The summed E-state index contributed by atoms with van der Waals surface area (Å²) < 4.78 is 0. The van der Waals surface area contributed by atoms with E-state index in [4.69, 9.17) is 11.5 Å². The Morgan fingerprint density at radius 3 is 2.48 bits per heavy atom. The highest BCUT2D eigenvalue weighted by atomic mass is 16.2. The molecular weight excluding hydrogens is 340 g/mol. The molecule has 1 aliphatic rings. The lowest BCUT2D eigenvalue weighted by atomic mass is 10.1. The largest absolute Gasteiger partial charge is 0.403 e. The highest BCUT2D eigenvalue weighted by Gasteiger charge is 2.20. The molecule has 1 amide bonds. The third-order valence-electron chi connectivity index (χ3n) is 4.48. The maximum absolute atomic E-state index is 11.9. The molecule has 148 valence electrons. The second-order valence-corrected chi connectivity index (χ2v) is 7.10. The summed E-state index contributed by atoms with van der Waals surface area (Å²) in [6.45, 7) is 7.43. The Morgan fingerprint density at radius 1 is 1.22 bits per heavy atom. The molecule has 5 N–H and O–H groups in total. The van der Waals surface area contributed by atoms with Gasteiger partial charge in [-0.2, -0.15) is 0 Å². The smallest absolute Gasteiger partial charge is 0.234 e. The molecule has 1 aromatic carbocycles. The Balaban J connectivity index is 1.81. The van der Waals surface area contributed by atoms with Gasteiger partial charge >= 0.3 is 0 Å². The number of allylic oxidation sites excluding steroid dienone is 1. The van der Waals surface area contributed by atoms with Gasteiger partial charge in [0.05, 0.1) is 12.2 Å². The standard InChI is InChI=1S/C20H32N6O/c1-16(2)23-19(27)15-25-10-12-26(13-11-25)20(22)24-18(14-21)9-8-17-6-4-3-5-7-17/h3-7,14,16H,8-13,15,21H2,1-2H3,(H2,22,24)(H,23,27)/b18-14-. The van der Waals surface area contributed by atoms with Gasteiger partial charge in [0, 0.05) is 38.4 Å². The second kappa shape index (κ2) is 10.6. The first kappa shape index (κ1) is 20.8. The van der Waals surface area contributed by atoms with Gasteiger partial charge in [-0.1, -0.05) is 30.3 Å². The lowest BCUT2D eigenvalue weighted by Gasteiger charge is -2.35. The number of nitrogens with two attached hydrogens (primary N) is 2. The number of benzene rings is 1. The van der Waals surface area contributed by atoms with Crippen molar-refractivity contribution in [3.63, 3.8) is 0 Å². The van der Waals surface area contributed by atoms with Crippen LogP contribution < -0.4 is 16.8 Å². The molecule has 0 unspecified atom stereocenters. The number of carbonyl (C=O) groups is 1. The summed E-state index contributed by atoms with van der Waals surface area (Å²) in [5, 5.41) is 2.92. The normalized spacial score (nSPS) is 16.6. The van der Waals surface area contributed by atoms with Crippen molar-refractivity contribution in [3.8, 4) is 0 Å². The molecule has 0 radical (unpaired) electrons. The fourth-order valence-corrected chi connectivity index (χ4v) is 3.02. The Labute approximate surface area is 162 Å². The molecule has 1 aliphatic heterocycles. The first-order valence-electron chi connectivity index (χ1n) is 9.53. The minimum absolute atomic E-state index is 0.0642. The van der Waals surface area contributed by atoms with E-state index in [9.17, 15) is 4.79 Å². The van der Waals surface area contributed by atoms with Crippen LogP contribution in [-0.2, 0) is 11.2 Å². The second-order valence-electron chi connectivity index (χ2n) is 7.10. The topological polar surface area (TPSA) is 100.0 Å². The van der Waals surface area contributed by atoms with Gasteiger partial charge in [0.1, 0.15) is 0 Å². The summed E-state index contributed by atoms with van der Waals surface area (Å²) in [5.41, 5.74) is 14.0. The van der Waals surface area contributed by atoms with Crippen molar-refractivity contribution in [2.45, 2.75) is 32.7 Å². The van der Waals surface area contributed by atoms with E-state index in [0.717, 1.165) is 44.7 Å². The first-order valence-corrected chi connectivity index (χ1v) is 9.53. The van der Waals surface area contributed by atoms with Crippen LogP contribution >= 0.6 is 0 Å². The quantitative estimate of drug-likeness (QED) is 0.487. The molecule has 7 nitrogen and oxygen atoms in total. The fourth-order valence-electron chi connectivity index (χ4n) is 3.02. The van der Waals surface area contributed by atoms with Gasteiger partial charge in [-0.25, -0.2) is 4.99 Å². The molecule has 27 heavy (non-hydrogen) atoms. The van der Waals surface area contributed by atoms with Gasteiger partial charge in [-0.15, -0.1) is 0 Å². The third kappa shape index (κ3) is 7.30. The molecule has 1 fully saturated rings. The third-order valence-corrected chi connectivity index (χ3v) is 4.48. The molecule has 0 atom stereocenters. The van der Waals surface area contributed by atoms with Crippen molar-refractivity contribution in [3.05, 3.63) is 47.8 Å². The molecule has 1 saturated heterocycles. The molecule has 0 saturated carbocycles. The zero-order valence-electron chi connectivity index (χ0n) is 16.4. The fraction of sp³-hybridized carbons (Fsp3) is 0.500. The summed E-state index contributed by atoms with van der Waals surface area (Å²) in [5.74, 6) is 0.556. The molecule has 7 heteroatoms. The minimum Gasteiger partial charge on any atom is -0.403 e.